The Morgan fingerprint density at radius 1 is 0.333 bits per heavy atom. The van der Waals surface area contributed by atoms with Crippen molar-refractivity contribution in [1.29, 1.82) is 0 Å². The summed E-state index contributed by atoms with van der Waals surface area (Å²) in [4.78, 5) is 189. The van der Waals surface area contributed by atoms with Crippen molar-refractivity contribution in [3.05, 3.63) is 0 Å². The molecule has 0 rings (SSSR count). The molecule has 0 aromatic carbocycles. The van der Waals surface area contributed by atoms with E-state index in [0.717, 1.165) is 0 Å². The fraction of sp³-hybridized carbons (Fsp3) is 1.00. The highest BCUT2D eigenvalue weighted by Crippen LogP contribution is 2.74. The maximum Gasteiger partial charge on any atom is 0.330 e. The van der Waals surface area contributed by atoms with Crippen molar-refractivity contribution >= 4 is 84.0 Å². The molecular formula is C10H31BO30P10. The lowest BCUT2D eigenvalue weighted by Gasteiger charge is -2.45. The third-order valence-corrected chi connectivity index (χ3v) is 22.3. The minimum atomic E-state index is -7.39. The van der Waals surface area contributed by atoms with E-state index < -0.39 is 134 Å². The van der Waals surface area contributed by atoms with Crippen LogP contribution in [0.3, 0.4) is 0 Å². The van der Waals surface area contributed by atoms with Crippen LogP contribution in [-0.2, 0) is 50.1 Å². The smallest absolute Gasteiger partial charge is 0.330 e. The molecule has 304 valence electrons. The van der Waals surface area contributed by atoms with Crippen LogP contribution in [0, 0.1) is 0 Å². The molecule has 0 aliphatic rings. The molecule has 19 N–H and O–H groups in total. The standard InChI is InChI=1S/C10H31BO30P10/c11-41-43(15,16)2-4(45(20,21)22)6(47(26,27)28)8(49(32,33)34)10(51(38,39)40)9(50(35,36)37)7(48(29,30)31)5(46(23,24)25)3(44(17,18)19)1-42(12,13)14/h3-10H,1-2H2,(H,15,16)(H2,12,13,14)(H2,17,18,19)(H2,20,21,22)(H2,23,24,25)(H2,26,27,28)(H2,29,30,31)(H2,32,33,34)(H2,35,36,37)(H2,38,39,40). The molecule has 0 aliphatic heterocycles. The van der Waals surface area contributed by atoms with E-state index >= 15 is 0 Å². The first-order chi connectivity index (χ1) is 21.7. The van der Waals surface area contributed by atoms with E-state index in [9.17, 15) is 139 Å². The quantitative estimate of drug-likeness (QED) is 0.0406. The van der Waals surface area contributed by atoms with E-state index in [0.29, 0.717) is 0 Å². The molecule has 30 nitrogen and oxygen atoms in total. The molecule has 0 aromatic heterocycles. The first kappa shape index (κ1) is 52.6. The molecule has 9 unspecified atom stereocenters. The first-order valence-corrected chi connectivity index (χ1v) is 28.9. The van der Waals surface area contributed by atoms with Crippen LogP contribution in [0.5, 0.6) is 0 Å². The van der Waals surface area contributed by atoms with Crippen molar-refractivity contribution in [2.45, 2.75) is 45.3 Å². The summed E-state index contributed by atoms with van der Waals surface area (Å²) in [5, 5.41) is 0. The van der Waals surface area contributed by atoms with Crippen LogP contribution in [0.1, 0.15) is 0 Å². The Kier molecular flexibility index (Phi) is 17.3. The fourth-order valence-corrected chi connectivity index (χ4v) is 26.1. The Bertz CT molecular complexity index is 1740. The Morgan fingerprint density at radius 2 is 0.529 bits per heavy atom. The maximum atomic E-state index is 12.9. The molecule has 0 heterocycles. The second-order valence-corrected chi connectivity index (χ2v) is 28.4. The molecule has 0 fully saturated rings. The van der Waals surface area contributed by atoms with Crippen LogP contribution < -0.4 is 0 Å². The summed E-state index contributed by atoms with van der Waals surface area (Å²) in [6, 6.07) is 0. The third-order valence-electron chi connectivity index (χ3n) is 6.74. The Labute approximate surface area is 284 Å². The number of hydrogen-bond acceptors (Lipinski definition) is 11. The monoisotopic (exact) mass is 952 g/mol. The van der Waals surface area contributed by atoms with Gasteiger partial charge in [-0.2, -0.15) is 0 Å². The van der Waals surface area contributed by atoms with Gasteiger partial charge in [-0.15, -0.1) is 0 Å². The van der Waals surface area contributed by atoms with Gasteiger partial charge in [0.25, 0.3) is 8.05 Å². The SMILES string of the molecule is [B]OP(=O)(O)CC(C(C(C(C(C(C(C(CP(=O)(O)O)P(=O)(O)O)P(=O)(O)O)P(=O)(O)O)P(=O)(O)O)P(=O)(O)O)P(=O)(O)O)P(=O)(O)O)P(=O)(O)O. The number of hydrogen-bond donors (Lipinski definition) is 19. The Balaban J connectivity index is 9.15. The van der Waals surface area contributed by atoms with E-state index in [-0.39, 0.29) is 0 Å². The molecule has 2 radical (unpaired) electrons. The van der Waals surface area contributed by atoms with E-state index in [4.69, 9.17) is 0 Å². The van der Waals surface area contributed by atoms with Crippen LogP contribution in [0.4, 0.5) is 0 Å². The van der Waals surface area contributed by atoms with E-state index in [1.165, 1.54) is 0 Å². The van der Waals surface area contributed by atoms with Gasteiger partial charge in [0.1, 0.15) is 0 Å². The van der Waals surface area contributed by atoms with Crippen LogP contribution in [0.2, 0.25) is 0 Å². The summed E-state index contributed by atoms with van der Waals surface area (Å²) >= 11 is 0. The molecular weight excluding hydrogens is 921 g/mol. The fourth-order valence-electron chi connectivity index (χ4n) is 5.05. The highest BCUT2D eigenvalue weighted by molar-refractivity contribution is 7.64. The van der Waals surface area contributed by atoms with E-state index in [1.807, 2.05) is 0 Å². The topological polar surface area (TPSA) is 564 Å². The van der Waals surface area contributed by atoms with Crippen molar-refractivity contribution in [2.24, 2.45) is 0 Å². The minimum absolute atomic E-state index is 2.47. The predicted molar refractivity (Wildman–Crippen MR) is 165 cm³/mol. The van der Waals surface area contributed by atoms with Gasteiger partial charge >= 0.3 is 76.0 Å². The lowest BCUT2D eigenvalue weighted by molar-refractivity contribution is 0.270. The minimum Gasteiger partial charge on any atom is -0.383 e. The van der Waals surface area contributed by atoms with Gasteiger partial charge in [-0.3, -0.25) is 45.7 Å². The lowest BCUT2D eigenvalue weighted by Crippen LogP contribution is -2.55. The Hall–Kier alpha value is 1.56. The highest BCUT2D eigenvalue weighted by Gasteiger charge is 2.70. The van der Waals surface area contributed by atoms with Crippen molar-refractivity contribution in [1.82, 2.24) is 0 Å². The van der Waals surface area contributed by atoms with Gasteiger partial charge in [0.2, 0.25) is 0 Å². The van der Waals surface area contributed by atoms with Crippen molar-refractivity contribution < 1.29 is 143 Å². The zero-order valence-electron chi connectivity index (χ0n) is 24.1. The molecule has 0 aliphatic carbocycles. The average molecular weight is 952 g/mol. The van der Waals surface area contributed by atoms with Crippen LogP contribution >= 0.6 is 76.0 Å². The third kappa shape index (κ3) is 15.4. The molecule has 0 saturated carbocycles. The zero-order valence-corrected chi connectivity index (χ0v) is 33.0. The summed E-state index contributed by atoms with van der Waals surface area (Å²) in [7, 11) is -64.5. The second-order valence-electron chi connectivity index (χ2n) is 10.6. The van der Waals surface area contributed by atoms with Crippen LogP contribution in [0.15, 0.2) is 0 Å². The average Bonchev–Trinajstić information content (AvgIpc) is 2.76. The lowest BCUT2D eigenvalue weighted by atomic mass is 10.0. The van der Waals surface area contributed by atoms with Gasteiger partial charge in [0, 0.05) is 0 Å². The van der Waals surface area contributed by atoms with Gasteiger partial charge < -0.3 is 97.4 Å². The van der Waals surface area contributed by atoms with Crippen molar-refractivity contribution in [2.75, 3.05) is 12.3 Å². The van der Waals surface area contributed by atoms with Gasteiger partial charge in [-0.05, 0) is 0 Å². The molecule has 0 amide bonds. The maximum absolute atomic E-state index is 12.9. The van der Waals surface area contributed by atoms with Gasteiger partial charge in [-0.25, -0.2) is 0 Å². The van der Waals surface area contributed by atoms with Crippen molar-refractivity contribution in [3.63, 3.8) is 0 Å². The summed E-state index contributed by atoms with van der Waals surface area (Å²) < 4.78 is 129. The van der Waals surface area contributed by atoms with Crippen LogP contribution in [-0.4, -0.2) is 159 Å². The summed E-state index contributed by atoms with van der Waals surface area (Å²) in [6.45, 7) is 0. The predicted octanol–water partition coefficient (Wildman–Crippen LogP) is -4.18. The van der Waals surface area contributed by atoms with E-state index in [2.05, 4.69) is 12.5 Å². The largest absolute Gasteiger partial charge is 0.383 e. The van der Waals surface area contributed by atoms with Crippen molar-refractivity contribution in [3.8, 4) is 0 Å². The normalized spacial score (nSPS) is 21.1. The van der Waals surface area contributed by atoms with Crippen LogP contribution in [0.25, 0.3) is 0 Å². The van der Waals surface area contributed by atoms with E-state index in [1.54, 1.807) is 0 Å². The molecule has 41 heteroatoms. The Morgan fingerprint density at radius 3 is 0.686 bits per heavy atom. The van der Waals surface area contributed by atoms with Gasteiger partial charge in [0.15, 0.2) is 0 Å². The molecule has 0 saturated heterocycles. The van der Waals surface area contributed by atoms with Gasteiger partial charge in [-0.1, -0.05) is 0 Å². The summed E-state index contributed by atoms with van der Waals surface area (Å²) in [5.41, 5.74) is -35.0. The molecule has 9 atom stereocenters. The van der Waals surface area contributed by atoms with Gasteiger partial charge in [0.05, 0.1) is 57.6 Å². The molecule has 0 spiro atoms. The molecule has 0 aromatic rings. The molecule has 0 bridgehead atoms. The highest BCUT2D eigenvalue weighted by atomic mass is 31.2. The number of rotatable bonds is 20. The second kappa shape index (κ2) is 16.8. The zero-order chi connectivity index (χ0) is 41.7. The summed E-state index contributed by atoms with van der Waals surface area (Å²) in [5.74, 6) is 0. The first-order valence-electron chi connectivity index (χ1n) is 11.9. The molecule has 51 heavy (non-hydrogen) atoms. The summed E-state index contributed by atoms with van der Waals surface area (Å²) in [6.07, 6.45) is -5.06.